The highest BCUT2D eigenvalue weighted by molar-refractivity contribution is 5.89. The smallest absolute Gasteiger partial charge is 0.335 e. The van der Waals surface area contributed by atoms with Crippen LogP contribution in [0.4, 0.5) is 0 Å². The molecule has 158 valence electrons. The molecule has 30 heavy (non-hydrogen) atoms. The second kappa shape index (κ2) is 8.51. The SMILES string of the molecule is C=C(c1ccc(C(=O)O)cc1)c1cc2c(cc1C)C(C)(C)CC=C2NCCC(C)C. The number of rotatable bonds is 7. The Hall–Kier alpha value is -2.81. The molecule has 1 aliphatic carbocycles. The molecule has 0 spiro atoms. The van der Waals surface area contributed by atoms with E-state index in [1.165, 1.54) is 22.4 Å². The number of carbonyl (C=O) groups is 1. The van der Waals surface area contributed by atoms with Gasteiger partial charge >= 0.3 is 5.97 Å². The zero-order chi connectivity index (χ0) is 22.1. The van der Waals surface area contributed by atoms with Gasteiger partial charge in [-0.15, -0.1) is 0 Å². The first-order chi connectivity index (χ1) is 14.1. The highest BCUT2D eigenvalue weighted by Crippen LogP contribution is 2.41. The minimum Gasteiger partial charge on any atom is -0.478 e. The monoisotopic (exact) mass is 403 g/mol. The lowest BCUT2D eigenvalue weighted by Gasteiger charge is -2.34. The van der Waals surface area contributed by atoms with Crippen LogP contribution in [0.1, 0.15) is 78.7 Å². The van der Waals surface area contributed by atoms with Gasteiger partial charge in [0.2, 0.25) is 0 Å². The summed E-state index contributed by atoms with van der Waals surface area (Å²) in [5.74, 6) is -0.249. The molecular formula is C27H33NO2. The van der Waals surface area contributed by atoms with Gasteiger partial charge in [-0.25, -0.2) is 4.79 Å². The van der Waals surface area contributed by atoms with Crippen LogP contribution in [-0.2, 0) is 5.41 Å². The maximum absolute atomic E-state index is 11.2. The summed E-state index contributed by atoms with van der Waals surface area (Å²) < 4.78 is 0. The van der Waals surface area contributed by atoms with Gasteiger partial charge in [0.25, 0.3) is 0 Å². The Morgan fingerprint density at radius 1 is 1.17 bits per heavy atom. The fraction of sp³-hybridized carbons (Fsp3) is 0.370. The van der Waals surface area contributed by atoms with E-state index < -0.39 is 5.97 Å². The summed E-state index contributed by atoms with van der Waals surface area (Å²) in [5.41, 5.74) is 8.35. The van der Waals surface area contributed by atoms with Crippen molar-refractivity contribution in [3.8, 4) is 0 Å². The first kappa shape index (κ1) is 21.9. The molecule has 2 N–H and O–H groups in total. The molecule has 3 nitrogen and oxygen atoms in total. The van der Waals surface area contributed by atoms with Crippen molar-refractivity contribution in [1.82, 2.24) is 5.32 Å². The molecule has 3 rings (SSSR count). The molecule has 0 saturated heterocycles. The molecular weight excluding hydrogens is 370 g/mol. The van der Waals surface area contributed by atoms with Crippen LogP contribution in [0.25, 0.3) is 11.3 Å². The Morgan fingerprint density at radius 2 is 1.80 bits per heavy atom. The number of aryl methyl sites for hydroxylation is 1. The van der Waals surface area contributed by atoms with Crippen LogP contribution < -0.4 is 5.32 Å². The van der Waals surface area contributed by atoms with Crippen LogP contribution in [-0.4, -0.2) is 17.6 Å². The Bertz CT molecular complexity index is 994. The van der Waals surface area contributed by atoms with E-state index in [-0.39, 0.29) is 11.0 Å². The van der Waals surface area contributed by atoms with Crippen LogP contribution in [0.15, 0.2) is 49.1 Å². The lowest BCUT2D eigenvalue weighted by Crippen LogP contribution is -2.27. The molecule has 0 radical (unpaired) electrons. The largest absolute Gasteiger partial charge is 0.478 e. The molecule has 2 aromatic rings. The number of fused-ring (bicyclic) bond motifs is 1. The number of hydrogen-bond donors (Lipinski definition) is 2. The fourth-order valence-electron chi connectivity index (χ4n) is 4.03. The van der Waals surface area contributed by atoms with Gasteiger partial charge in [0.15, 0.2) is 0 Å². The molecule has 0 fully saturated rings. The van der Waals surface area contributed by atoms with E-state index in [1.807, 2.05) is 12.1 Å². The summed E-state index contributed by atoms with van der Waals surface area (Å²) in [7, 11) is 0. The Morgan fingerprint density at radius 3 is 2.40 bits per heavy atom. The van der Waals surface area contributed by atoms with Gasteiger partial charge in [0.05, 0.1) is 5.56 Å². The Kier molecular flexibility index (Phi) is 6.21. The van der Waals surface area contributed by atoms with E-state index in [9.17, 15) is 4.79 Å². The van der Waals surface area contributed by atoms with Gasteiger partial charge in [-0.2, -0.15) is 0 Å². The number of hydrogen-bond acceptors (Lipinski definition) is 2. The molecule has 3 heteroatoms. The Labute approximate surface area is 180 Å². The van der Waals surface area contributed by atoms with Crippen molar-refractivity contribution in [2.24, 2.45) is 5.92 Å². The maximum atomic E-state index is 11.2. The number of nitrogens with one attached hydrogen (secondary N) is 1. The number of carboxylic acid groups (broad SMARTS) is 1. The van der Waals surface area contributed by atoms with Crippen LogP contribution in [0.5, 0.6) is 0 Å². The van der Waals surface area contributed by atoms with Crippen molar-refractivity contribution in [1.29, 1.82) is 0 Å². The molecule has 0 amide bonds. The highest BCUT2D eigenvalue weighted by atomic mass is 16.4. The van der Waals surface area contributed by atoms with Crippen molar-refractivity contribution < 1.29 is 9.90 Å². The van der Waals surface area contributed by atoms with Crippen molar-refractivity contribution in [3.63, 3.8) is 0 Å². The fourth-order valence-corrected chi connectivity index (χ4v) is 4.03. The molecule has 2 aromatic carbocycles. The third-order valence-corrected chi connectivity index (χ3v) is 6.04. The van der Waals surface area contributed by atoms with Gasteiger partial charge in [0, 0.05) is 17.8 Å². The molecule has 0 heterocycles. The van der Waals surface area contributed by atoms with Crippen molar-refractivity contribution >= 4 is 17.2 Å². The normalized spacial score (nSPS) is 14.8. The van der Waals surface area contributed by atoms with Crippen LogP contribution in [0.2, 0.25) is 0 Å². The van der Waals surface area contributed by atoms with Gasteiger partial charge < -0.3 is 10.4 Å². The predicted molar refractivity (Wildman–Crippen MR) is 126 cm³/mol. The van der Waals surface area contributed by atoms with E-state index >= 15 is 0 Å². The average Bonchev–Trinajstić information content (AvgIpc) is 2.69. The van der Waals surface area contributed by atoms with Crippen molar-refractivity contribution in [2.75, 3.05) is 6.54 Å². The Balaban J connectivity index is 1.98. The molecule has 0 aliphatic heterocycles. The molecule has 0 saturated carbocycles. The van der Waals surface area contributed by atoms with E-state index in [4.69, 9.17) is 5.11 Å². The lowest BCUT2D eigenvalue weighted by atomic mass is 9.73. The van der Waals surface area contributed by atoms with E-state index in [0.717, 1.165) is 36.1 Å². The first-order valence-corrected chi connectivity index (χ1v) is 10.7. The summed E-state index contributed by atoms with van der Waals surface area (Å²) in [4.78, 5) is 11.2. The van der Waals surface area contributed by atoms with E-state index in [1.54, 1.807) is 12.1 Å². The second-order valence-corrected chi connectivity index (χ2v) is 9.39. The number of carboxylic acids is 1. The topological polar surface area (TPSA) is 49.3 Å². The van der Waals surface area contributed by atoms with Crippen molar-refractivity contribution in [2.45, 2.75) is 52.9 Å². The van der Waals surface area contributed by atoms with Crippen molar-refractivity contribution in [3.05, 3.63) is 82.4 Å². The summed E-state index contributed by atoms with van der Waals surface area (Å²) in [6, 6.07) is 11.5. The highest BCUT2D eigenvalue weighted by Gasteiger charge is 2.29. The average molecular weight is 404 g/mol. The molecule has 0 atom stereocenters. The minimum absolute atomic E-state index is 0.0896. The number of aromatic carboxylic acids is 1. The number of benzene rings is 2. The third-order valence-electron chi connectivity index (χ3n) is 6.04. The molecule has 0 unspecified atom stereocenters. The van der Waals surface area contributed by atoms with E-state index in [0.29, 0.717) is 5.92 Å². The van der Waals surface area contributed by atoms with Crippen LogP contribution in [0, 0.1) is 12.8 Å². The standard InChI is InChI=1S/C27H33NO2/c1-17(2)12-14-28-25-11-13-27(5,6)24-15-18(3)22(16-23(24)25)19(4)20-7-9-21(10-8-20)26(29)30/h7-11,15-17,28H,4,12-14H2,1-3,5-6H3,(H,29,30). The quantitative estimate of drug-likeness (QED) is 0.561. The predicted octanol–water partition coefficient (Wildman–Crippen LogP) is 6.41. The maximum Gasteiger partial charge on any atom is 0.335 e. The second-order valence-electron chi connectivity index (χ2n) is 9.39. The first-order valence-electron chi connectivity index (χ1n) is 10.7. The van der Waals surface area contributed by atoms with Crippen LogP contribution in [0.3, 0.4) is 0 Å². The van der Waals surface area contributed by atoms with Gasteiger partial charge in [-0.05, 0) is 77.1 Å². The van der Waals surface area contributed by atoms with Gasteiger partial charge in [-0.1, -0.05) is 58.5 Å². The summed E-state index contributed by atoms with van der Waals surface area (Å²) in [5, 5.41) is 12.8. The lowest BCUT2D eigenvalue weighted by molar-refractivity contribution is 0.0697. The third kappa shape index (κ3) is 4.51. The molecule has 1 aliphatic rings. The zero-order valence-electron chi connectivity index (χ0n) is 18.8. The molecule has 0 aromatic heterocycles. The summed E-state index contributed by atoms with van der Waals surface area (Å²) >= 11 is 0. The minimum atomic E-state index is -0.915. The number of allylic oxidation sites excluding steroid dienone is 1. The summed E-state index contributed by atoms with van der Waals surface area (Å²) in [6.45, 7) is 16.5. The van der Waals surface area contributed by atoms with Gasteiger partial charge in [0.1, 0.15) is 0 Å². The van der Waals surface area contributed by atoms with Crippen LogP contribution >= 0.6 is 0 Å². The summed E-state index contributed by atoms with van der Waals surface area (Å²) in [6.07, 6.45) is 4.48. The zero-order valence-corrected chi connectivity index (χ0v) is 18.8. The van der Waals surface area contributed by atoms with E-state index in [2.05, 4.69) is 64.7 Å². The molecule has 0 bridgehead atoms. The van der Waals surface area contributed by atoms with Gasteiger partial charge in [-0.3, -0.25) is 0 Å².